The van der Waals surface area contributed by atoms with Crippen molar-refractivity contribution in [1.29, 1.82) is 0 Å². The Balaban J connectivity index is 0.000000692. The topological polar surface area (TPSA) is 0 Å². The van der Waals surface area contributed by atoms with Gasteiger partial charge in [0.1, 0.15) is 0 Å². The van der Waals surface area contributed by atoms with Crippen molar-refractivity contribution in [2.75, 3.05) is 0 Å². The van der Waals surface area contributed by atoms with Crippen LogP contribution in [0.5, 0.6) is 0 Å². The molecule has 7 aromatic rings. The van der Waals surface area contributed by atoms with Crippen molar-refractivity contribution >= 4 is 63.2 Å². The summed E-state index contributed by atoms with van der Waals surface area (Å²) < 4.78 is 0. The Morgan fingerprint density at radius 2 is 0.957 bits per heavy atom. The molecule has 0 aliphatic carbocycles. The van der Waals surface area contributed by atoms with Gasteiger partial charge in [0.15, 0.2) is 0 Å². The fraction of sp³-hybridized carbons (Fsp3) is 0.111. The molecule has 1 atom stereocenters. The Kier molecular flexibility index (Phi) is 9.82. The van der Waals surface area contributed by atoms with E-state index in [2.05, 4.69) is 197 Å². The minimum absolute atomic E-state index is 0.579. The van der Waals surface area contributed by atoms with Crippen LogP contribution in [0, 0.1) is 0 Å². The minimum Gasteiger partial charge on any atom is -0.176 e. The first-order chi connectivity index (χ1) is 22.6. The molecule has 1 unspecified atom stereocenters. The fourth-order valence-corrected chi connectivity index (χ4v) is 6.13. The van der Waals surface area contributed by atoms with E-state index in [-0.39, 0.29) is 0 Å². The van der Waals surface area contributed by atoms with E-state index in [1.807, 2.05) is 0 Å². The maximum Gasteiger partial charge on any atom is -0.00142 e. The molecule has 0 spiro atoms. The Bertz CT molecular complexity index is 2120. The van der Waals surface area contributed by atoms with Crippen LogP contribution in [-0.2, 0) is 0 Å². The van der Waals surface area contributed by atoms with Gasteiger partial charge in [-0.1, -0.05) is 172 Å². The van der Waals surface area contributed by atoms with Crippen LogP contribution in [0.25, 0.3) is 72.8 Å². The average molecular weight is 613 g/mol. The van der Waals surface area contributed by atoms with Crippen LogP contribution in [0.2, 0.25) is 0 Å². The molecule has 0 aliphatic rings. The van der Waals surface area contributed by atoms with E-state index in [0.717, 1.165) is 0 Å². The number of hydrogen-bond acceptors (Lipinski definition) is 1. The summed E-state index contributed by atoms with van der Waals surface area (Å²) in [5.74, 6) is 0. The van der Waals surface area contributed by atoms with E-state index in [1.165, 1.54) is 77.7 Å². The molecule has 0 aliphatic heterocycles. The van der Waals surface area contributed by atoms with Gasteiger partial charge >= 0.3 is 0 Å². The Hall–Kier alpha value is -4.85. The summed E-state index contributed by atoms with van der Waals surface area (Å²) in [6.45, 7) is 6.29. The maximum absolute atomic E-state index is 4.10. The highest BCUT2D eigenvalue weighted by atomic mass is 32.1. The second-order valence-corrected chi connectivity index (χ2v) is 12.6. The van der Waals surface area contributed by atoms with Crippen LogP contribution in [-0.4, -0.2) is 5.25 Å². The third-order valence-corrected chi connectivity index (χ3v) is 8.92. The second kappa shape index (κ2) is 14.5. The molecule has 0 radical (unpaired) electrons. The first kappa shape index (κ1) is 31.1. The van der Waals surface area contributed by atoms with Crippen molar-refractivity contribution in [3.8, 4) is 22.3 Å². The predicted molar refractivity (Wildman–Crippen MR) is 209 cm³/mol. The molecule has 0 aromatic heterocycles. The van der Waals surface area contributed by atoms with Crippen molar-refractivity contribution < 1.29 is 0 Å². The lowest BCUT2D eigenvalue weighted by Gasteiger charge is -2.19. The van der Waals surface area contributed by atoms with E-state index in [9.17, 15) is 0 Å². The van der Waals surface area contributed by atoms with Crippen molar-refractivity contribution in [2.45, 2.75) is 32.4 Å². The molecule has 0 amide bonds. The molecule has 7 aromatic carbocycles. The fourth-order valence-electron chi connectivity index (χ4n) is 6.13. The SMILES string of the molecule is C/C=C/c1ccccc1-c1c2ccccc2c(-c2ccccc2/C=C/c2ccc3ccccc3c2)c2ccccc12.CCC(C)S. The number of hydrogen-bond donors (Lipinski definition) is 1. The summed E-state index contributed by atoms with van der Waals surface area (Å²) in [5.41, 5.74) is 8.71. The summed E-state index contributed by atoms with van der Waals surface area (Å²) in [6.07, 6.45) is 9.99. The van der Waals surface area contributed by atoms with Gasteiger partial charge in [-0.25, -0.2) is 0 Å². The highest BCUT2D eigenvalue weighted by molar-refractivity contribution is 7.80. The Morgan fingerprint density at radius 1 is 0.522 bits per heavy atom. The lowest BCUT2D eigenvalue weighted by atomic mass is 9.83. The third-order valence-electron chi connectivity index (χ3n) is 8.56. The number of allylic oxidation sites excluding steroid dienone is 1. The van der Waals surface area contributed by atoms with Gasteiger partial charge in [0, 0.05) is 0 Å². The summed E-state index contributed by atoms with van der Waals surface area (Å²) in [4.78, 5) is 0. The summed E-state index contributed by atoms with van der Waals surface area (Å²) in [6, 6.07) is 50.5. The molecule has 46 heavy (non-hydrogen) atoms. The van der Waals surface area contributed by atoms with Crippen molar-refractivity contribution in [1.82, 2.24) is 0 Å². The lowest BCUT2D eigenvalue weighted by Crippen LogP contribution is -1.93. The average Bonchev–Trinajstić information content (AvgIpc) is 3.10. The highest BCUT2D eigenvalue weighted by Crippen LogP contribution is 2.45. The van der Waals surface area contributed by atoms with Crippen molar-refractivity contribution in [3.05, 3.63) is 162 Å². The van der Waals surface area contributed by atoms with Crippen LogP contribution in [0.4, 0.5) is 0 Å². The first-order valence-corrected chi connectivity index (χ1v) is 16.7. The van der Waals surface area contributed by atoms with Gasteiger partial charge in [-0.15, -0.1) is 0 Å². The number of fused-ring (bicyclic) bond motifs is 3. The van der Waals surface area contributed by atoms with E-state index < -0.39 is 0 Å². The minimum atomic E-state index is 0.579. The summed E-state index contributed by atoms with van der Waals surface area (Å²) in [7, 11) is 0. The smallest absolute Gasteiger partial charge is 0.00142 e. The van der Waals surface area contributed by atoms with Gasteiger partial charge in [0.05, 0.1) is 0 Å². The molecule has 0 fully saturated rings. The normalized spacial score (nSPS) is 12.2. The van der Waals surface area contributed by atoms with Crippen LogP contribution in [0.15, 0.2) is 146 Å². The summed E-state index contributed by atoms with van der Waals surface area (Å²) in [5, 5.41) is 8.17. The second-order valence-electron chi connectivity index (χ2n) is 11.7. The van der Waals surface area contributed by atoms with Crippen LogP contribution < -0.4 is 0 Å². The first-order valence-electron chi connectivity index (χ1n) is 16.2. The van der Waals surface area contributed by atoms with E-state index in [4.69, 9.17) is 0 Å². The highest BCUT2D eigenvalue weighted by Gasteiger charge is 2.18. The maximum atomic E-state index is 4.10. The molecule has 0 saturated carbocycles. The monoisotopic (exact) mass is 612 g/mol. The molecular formula is C45H40S. The van der Waals surface area contributed by atoms with E-state index in [0.29, 0.717) is 5.25 Å². The standard InChI is InChI=1S/C41H30.C4H10S/c1-2-13-31-15-5-7-18-34(31)40-36-20-9-11-22-38(36)41(39-23-12-10-21-37(39)40)35-19-8-6-16-32(35)27-25-29-24-26-30-14-3-4-17-33(30)28-29;1-3-4(2)5/h2-28H,1H3;4-5H,3H2,1-2H3/b13-2+,27-25+;. The van der Waals surface area contributed by atoms with E-state index in [1.54, 1.807) is 0 Å². The quantitative estimate of drug-likeness (QED) is 0.108. The predicted octanol–water partition coefficient (Wildman–Crippen LogP) is 13.4. The molecule has 0 heterocycles. The third kappa shape index (κ3) is 6.57. The lowest BCUT2D eigenvalue weighted by molar-refractivity contribution is 0.913. The van der Waals surface area contributed by atoms with Crippen molar-refractivity contribution in [3.63, 3.8) is 0 Å². The molecule has 0 nitrogen and oxygen atoms in total. The van der Waals surface area contributed by atoms with Gasteiger partial charge in [0.2, 0.25) is 0 Å². The zero-order valence-electron chi connectivity index (χ0n) is 26.8. The molecule has 7 rings (SSSR count). The van der Waals surface area contributed by atoms with Crippen LogP contribution >= 0.6 is 12.6 Å². The van der Waals surface area contributed by atoms with E-state index >= 15 is 0 Å². The van der Waals surface area contributed by atoms with Crippen molar-refractivity contribution in [2.24, 2.45) is 0 Å². The Morgan fingerprint density at radius 3 is 1.46 bits per heavy atom. The zero-order chi connectivity index (χ0) is 31.9. The molecule has 226 valence electrons. The molecule has 0 N–H and O–H groups in total. The molecular weight excluding hydrogens is 573 g/mol. The van der Waals surface area contributed by atoms with Gasteiger partial charge < -0.3 is 0 Å². The zero-order valence-corrected chi connectivity index (χ0v) is 27.7. The molecule has 0 bridgehead atoms. The molecule has 1 heteroatoms. The van der Waals surface area contributed by atoms with Gasteiger partial charge in [-0.05, 0) is 95.9 Å². The Labute approximate surface area is 279 Å². The number of rotatable bonds is 6. The molecule has 0 saturated heterocycles. The van der Waals surface area contributed by atoms with Gasteiger partial charge in [-0.3, -0.25) is 0 Å². The number of benzene rings is 7. The largest absolute Gasteiger partial charge is 0.176 e. The van der Waals surface area contributed by atoms with Crippen LogP contribution in [0.1, 0.15) is 43.9 Å². The van der Waals surface area contributed by atoms with Crippen LogP contribution in [0.3, 0.4) is 0 Å². The summed E-state index contributed by atoms with van der Waals surface area (Å²) >= 11 is 4.10. The number of thiol groups is 1. The van der Waals surface area contributed by atoms with Gasteiger partial charge in [-0.2, -0.15) is 12.6 Å². The van der Waals surface area contributed by atoms with Gasteiger partial charge in [0.25, 0.3) is 0 Å².